The topological polar surface area (TPSA) is 32.8 Å². The second-order valence-corrected chi connectivity index (χ2v) is 8.93. The fourth-order valence-electron chi connectivity index (χ4n) is 3.48. The van der Waals surface area contributed by atoms with E-state index in [1.54, 1.807) is 0 Å². The van der Waals surface area contributed by atoms with Crippen molar-refractivity contribution >= 4 is 44.3 Å². The van der Waals surface area contributed by atoms with Crippen LogP contribution < -0.4 is 5.32 Å². The van der Waals surface area contributed by atoms with Gasteiger partial charge in [-0.2, -0.15) is 0 Å². The highest BCUT2D eigenvalue weighted by Crippen LogP contribution is 2.41. The first-order valence-electron chi connectivity index (χ1n) is 9.54. The number of nitrogens with zero attached hydrogens (tertiary/aromatic N) is 1. The molecule has 2 N–H and O–H groups in total. The summed E-state index contributed by atoms with van der Waals surface area (Å²) in [6.07, 6.45) is 5.52. The summed E-state index contributed by atoms with van der Waals surface area (Å²) in [5.41, 5.74) is 6.17. The number of aromatic amines is 1. The van der Waals surface area contributed by atoms with Crippen LogP contribution in [0.3, 0.4) is 0 Å². The van der Waals surface area contributed by atoms with E-state index in [9.17, 15) is 0 Å². The first kappa shape index (κ1) is 19.2. The zero-order valence-corrected chi connectivity index (χ0v) is 18.5. The molecule has 4 aromatic rings. The fraction of sp³-hybridized carbons (Fsp3) is 0.217. The molecule has 28 heavy (non-hydrogen) atoms. The zero-order chi connectivity index (χ0) is 19.5. The van der Waals surface area contributed by atoms with Crippen LogP contribution in [0.25, 0.3) is 22.0 Å². The number of aromatic nitrogens is 2. The number of anilines is 1. The summed E-state index contributed by atoms with van der Waals surface area (Å²) in [5, 5.41) is 6.16. The number of fused-ring (bicyclic) bond motifs is 1. The lowest BCUT2D eigenvalue weighted by Gasteiger charge is -2.11. The molecule has 0 saturated heterocycles. The van der Waals surface area contributed by atoms with Gasteiger partial charge >= 0.3 is 0 Å². The highest BCUT2D eigenvalue weighted by molar-refractivity contribution is 9.10. The summed E-state index contributed by atoms with van der Waals surface area (Å²) in [5.74, 6) is 1.10. The molecule has 0 spiro atoms. The number of hydrogen-bond donors (Lipinski definition) is 2. The summed E-state index contributed by atoms with van der Waals surface area (Å²) in [4.78, 5) is 3.51. The van der Waals surface area contributed by atoms with Crippen LogP contribution in [0.5, 0.6) is 0 Å². The molecule has 0 bridgehead atoms. The standard InChI is InChI=1S/C23H24BrN3S/c1-3-11-28-23-22(25-13-16-7-5-4-6-8-16)19(14-26-23)20-15-27(2)21-10-9-17(24)12-18(20)21/h4-10,12,14-15,25-26H,3,11,13H2,1-2H3. The SMILES string of the molecule is CCCSc1[nH]cc(-c2cn(C)c3ccc(Br)cc23)c1NCc1ccccc1. The number of rotatable bonds is 7. The molecular weight excluding hydrogens is 430 g/mol. The van der Waals surface area contributed by atoms with E-state index in [-0.39, 0.29) is 0 Å². The van der Waals surface area contributed by atoms with E-state index < -0.39 is 0 Å². The molecule has 2 heterocycles. The van der Waals surface area contributed by atoms with Gasteiger partial charge in [0, 0.05) is 52.5 Å². The Morgan fingerprint density at radius 1 is 1.11 bits per heavy atom. The molecule has 0 saturated carbocycles. The quantitative estimate of drug-likeness (QED) is 0.293. The molecular formula is C23H24BrN3S. The maximum Gasteiger partial charge on any atom is 0.0964 e. The molecule has 0 fully saturated rings. The van der Waals surface area contributed by atoms with Crippen molar-refractivity contribution in [3.05, 3.63) is 71.0 Å². The number of nitrogens with one attached hydrogen (secondary N) is 2. The van der Waals surface area contributed by atoms with Gasteiger partial charge in [0.05, 0.1) is 10.7 Å². The summed E-state index contributed by atoms with van der Waals surface area (Å²) < 4.78 is 3.30. The predicted octanol–water partition coefficient (Wildman–Crippen LogP) is 7.05. The van der Waals surface area contributed by atoms with Crippen molar-refractivity contribution in [2.24, 2.45) is 7.05 Å². The van der Waals surface area contributed by atoms with E-state index in [0.717, 1.165) is 23.2 Å². The van der Waals surface area contributed by atoms with Crippen molar-refractivity contribution in [2.45, 2.75) is 24.9 Å². The average Bonchev–Trinajstić information content (AvgIpc) is 3.25. The van der Waals surface area contributed by atoms with Crippen molar-refractivity contribution < 1.29 is 0 Å². The fourth-order valence-corrected chi connectivity index (χ4v) is 4.71. The highest BCUT2D eigenvalue weighted by Gasteiger charge is 2.17. The van der Waals surface area contributed by atoms with E-state index in [2.05, 4.69) is 106 Å². The molecule has 0 aliphatic carbocycles. The Morgan fingerprint density at radius 2 is 1.93 bits per heavy atom. The van der Waals surface area contributed by atoms with Crippen molar-refractivity contribution in [3.8, 4) is 11.1 Å². The summed E-state index contributed by atoms with van der Waals surface area (Å²) in [6.45, 7) is 3.02. The lowest BCUT2D eigenvalue weighted by atomic mass is 10.1. The number of hydrogen-bond acceptors (Lipinski definition) is 2. The van der Waals surface area contributed by atoms with Gasteiger partial charge in [-0.1, -0.05) is 53.2 Å². The first-order valence-corrected chi connectivity index (χ1v) is 11.3. The number of thioether (sulfide) groups is 1. The van der Waals surface area contributed by atoms with Crippen LogP contribution in [-0.2, 0) is 13.6 Å². The van der Waals surface area contributed by atoms with Gasteiger partial charge in [0.2, 0.25) is 0 Å². The Morgan fingerprint density at radius 3 is 2.71 bits per heavy atom. The molecule has 4 rings (SSSR count). The van der Waals surface area contributed by atoms with Gasteiger partial charge in [-0.15, -0.1) is 11.8 Å². The third kappa shape index (κ3) is 3.87. The third-order valence-corrected chi connectivity index (χ3v) is 6.56. The van der Waals surface area contributed by atoms with Crippen LogP contribution >= 0.6 is 27.7 Å². The van der Waals surface area contributed by atoms with Gasteiger partial charge in [-0.05, 0) is 35.9 Å². The normalized spacial score (nSPS) is 11.2. The molecule has 3 nitrogen and oxygen atoms in total. The molecule has 144 valence electrons. The average molecular weight is 454 g/mol. The zero-order valence-electron chi connectivity index (χ0n) is 16.1. The van der Waals surface area contributed by atoms with Crippen LogP contribution in [0.4, 0.5) is 5.69 Å². The molecule has 0 aliphatic rings. The van der Waals surface area contributed by atoms with Crippen LogP contribution in [-0.4, -0.2) is 15.3 Å². The Labute approximate surface area is 178 Å². The summed E-state index contributed by atoms with van der Waals surface area (Å²) in [7, 11) is 2.11. The third-order valence-electron chi connectivity index (χ3n) is 4.85. The molecule has 2 aromatic carbocycles. The second-order valence-electron chi connectivity index (χ2n) is 6.91. The maximum atomic E-state index is 3.70. The number of H-pyrrole nitrogens is 1. The van der Waals surface area contributed by atoms with Crippen molar-refractivity contribution in [3.63, 3.8) is 0 Å². The lowest BCUT2D eigenvalue weighted by Crippen LogP contribution is -2.00. The second kappa shape index (κ2) is 8.50. The Kier molecular flexibility index (Phi) is 5.83. The minimum absolute atomic E-state index is 0.805. The molecule has 0 aliphatic heterocycles. The van der Waals surface area contributed by atoms with E-state index >= 15 is 0 Å². The molecule has 0 radical (unpaired) electrons. The van der Waals surface area contributed by atoms with E-state index in [4.69, 9.17) is 0 Å². The predicted molar refractivity (Wildman–Crippen MR) is 125 cm³/mol. The van der Waals surface area contributed by atoms with Crippen LogP contribution in [0.1, 0.15) is 18.9 Å². The highest BCUT2D eigenvalue weighted by atomic mass is 79.9. The van der Waals surface area contributed by atoms with Gasteiger partial charge in [0.25, 0.3) is 0 Å². The Bertz CT molecular complexity index is 1080. The monoisotopic (exact) mass is 453 g/mol. The minimum atomic E-state index is 0.805. The van der Waals surface area contributed by atoms with Crippen molar-refractivity contribution in [1.82, 2.24) is 9.55 Å². The van der Waals surface area contributed by atoms with Crippen molar-refractivity contribution in [1.29, 1.82) is 0 Å². The Balaban J connectivity index is 1.76. The van der Waals surface area contributed by atoms with E-state index in [0.29, 0.717) is 0 Å². The minimum Gasteiger partial charge on any atom is -0.378 e. The molecule has 2 aromatic heterocycles. The Hall–Kier alpha value is -2.11. The molecule has 5 heteroatoms. The van der Waals surface area contributed by atoms with Crippen LogP contribution in [0.15, 0.2) is 70.4 Å². The van der Waals surface area contributed by atoms with Gasteiger partial charge in [-0.3, -0.25) is 0 Å². The molecule has 0 atom stereocenters. The van der Waals surface area contributed by atoms with Gasteiger partial charge in [0.1, 0.15) is 0 Å². The van der Waals surface area contributed by atoms with Crippen molar-refractivity contribution in [2.75, 3.05) is 11.1 Å². The number of benzene rings is 2. The maximum absolute atomic E-state index is 3.70. The van der Waals surface area contributed by atoms with E-state index in [1.165, 1.54) is 38.3 Å². The number of halogens is 1. The van der Waals surface area contributed by atoms with Crippen LogP contribution in [0, 0.1) is 0 Å². The first-order chi connectivity index (χ1) is 13.7. The molecule has 0 amide bonds. The largest absolute Gasteiger partial charge is 0.378 e. The van der Waals surface area contributed by atoms with Gasteiger partial charge in [0.15, 0.2) is 0 Å². The lowest BCUT2D eigenvalue weighted by molar-refractivity contribution is 0.970. The van der Waals surface area contributed by atoms with Crippen LogP contribution in [0.2, 0.25) is 0 Å². The number of aryl methyl sites for hydroxylation is 1. The summed E-state index contributed by atoms with van der Waals surface area (Å²) in [6, 6.07) is 17.0. The van der Waals surface area contributed by atoms with Gasteiger partial charge in [-0.25, -0.2) is 0 Å². The molecule has 0 unspecified atom stereocenters. The van der Waals surface area contributed by atoms with E-state index in [1.807, 2.05) is 11.8 Å². The van der Waals surface area contributed by atoms with Gasteiger partial charge < -0.3 is 14.9 Å². The smallest absolute Gasteiger partial charge is 0.0964 e. The summed E-state index contributed by atoms with van der Waals surface area (Å²) >= 11 is 5.51.